The number of nitrogens with one attached hydrogen (secondary N) is 1. The average Bonchev–Trinajstić information content (AvgIpc) is 2.80. The number of thioether (sulfide) groups is 1. The molecular formula is C13H23NO4S2. The summed E-state index contributed by atoms with van der Waals surface area (Å²) < 4.78 is 31.8. The summed E-state index contributed by atoms with van der Waals surface area (Å²) in [6.45, 7) is 1.71. The van der Waals surface area contributed by atoms with E-state index in [1.807, 2.05) is 11.8 Å². The van der Waals surface area contributed by atoms with Gasteiger partial charge in [0.15, 0.2) is 0 Å². The van der Waals surface area contributed by atoms with Crippen LogP contribution in [0.2, 0.25) is 0 Å². The van der Waals surface area contributed by atoms with E-state index in [0.29, 0.717) is 12.3 Å². The normalized spacial score (nSPS) is 11.9. The highest BCUT2D eigenvalue weighted by Crippen LogP contribution is 2.19. The van der Waals surface area contributed by atoms with Crippen molar-refractivity contribution in [2.45, 2.75) is 44.1 Å². The molecule has 0 aliphatic rings. The van der Waals surface area contributed by atoms with Crippen molar-refractivity contribution in [3.05, 3.63) is 17.6 Å². The number of unbranched alkanes of at least 4 members (excludes halogenated alkanes) is 3. The molecule has 0 saturated carbocycles. The highest BCUT2D eigenvalue weighted by Gasteiger charge is 2.20. The Kier molecular flexibility index (Phi) is 7.65. The Bertz CT molecular complexity index is 496. The monoisotopic (exact) mass is 321 g/mol. The lowest BCUT2D eigenvalue weighted by molar-refractivity contribution is 0.244. The van der Waals surface area contributed by atoms with Crippen LogP contribution in [0.5, 0.6) is 0 Å². The minimum atomic E-state index is -3.54. The summed E-state index contributed by atoms with van der Waals surface area (Å²) in [5.74, 6) is 1.73. The first-order chi connectivity index (χ1) is 9.51. The maximum absolute atomic E-state index is 12.1. The lowest BCUT2D eigenvalue weighted by Gasteiger charge is -2.05. The predicted molar refractivity (Wildman–Crippen MR) is 81.4 cm³/mol. The molecule has 5 nitrogen and oxygen atoms in total. The van der Waals surface area contributed by atoms with Gasteiger partial charge in [0.2, 0.25) is 10.0 Å². The van der Waals surface area contributed by atoms with Crippen LogP contribution in [0.3, 0.4) is 0 Å². The van der Waals surface area contributed by atoms with Gasteiger partial charge < -0.3 is 9.52 Å². The molecule has 1 heterocycles. The minimum absolute atomic E-state index is 0.115. The van der Waals surface area contributed by atoms with Crippen molar-refractivity contribution in [2.75, 3.05) is 18.6 Å². The summed E-state index contributed by atoms with van der Waals surface area (Å²) in [5, 5.41) is 8.95. The van der Waals surface area contributed by atoms with E-state index >= 15 is 0 Å². The van der Waals surface area contributed by atoms with Crippen LogP contribution in [-0.4, -0.2) is 32.1 Å². The molecule has 0 radical (unpaired) electrons. The molecule has 0 fully saturated rings. The Morgan fingerprint density at radius 2 is 2.00 bits per heavy atom. The lowest BCUT2D eigenvalue weighted by atomic mass is 10.2. The van der Waals surface area contributed by atoms with Gasteiger partial charge in [-0.2, -0.15) is 11.8 Å². The van der Waals surface area contributed by atoms with Crippen molar-refractivity contribution < 1.29 is 17.9 Å². The number of aliphatic hydroxyl groups excluding tert-OH is 1. The quantitative estimate of drug-likeness (QED) is 0.646. The number of sulfonamides is 1. The molecule has 1 rings (SSSR count). The number of furan rings is 1. The zero-order valence-corrected chi connectivity index (χ0v) is 13.6. The summed E-state index contributed by atoms with van der Waals surface area (Å²) in [6.07, 6.45) is 6.24. The van der Waals surface area contributed by atoms with Gasteiger partial charge in [0.1, 0.15) is 23.0 Å². The minimum Gasteiger partial charge on any atom is -0.462 e. The number of aliphatic hydroxyl groups is 1. The van der Waals surface area contributed by atoms with E-state index in [-0.39, 0.29) is 17.3 Å². The topological polar surface area (TPSA) is 79.5 Å². The SMILES string of the molecule is CSCCCCCCNS(=O)(=O)c1cc(CO)oc1C. The van der Waals surface area contributed by atoms with Crippen LogP contribution in [0.15, 0.2) is 15.4 Å². The molecule has 0 aliphatic carbocycles. The van der Waals surface area contributed by atoms with Gasteiger partial charge >= 0.3 is 0 Å². The van der Waals surface area contributed by atoms with Gasteiger partial charge in [-0.1, -0.05) is 12.8 Å². The Balaban J connectivity index is 2.40. The molecule has 1 aromatic rings. The van der Waals surface area contributed by atoms with E-state index in [4.69, 9.17) is 9.52 Å². The van der Waals surface area contributed by atoms with Crippen LogP contribution < -0.4 is 4.72 Å². The third-order valence-corrected chi connectivity index (χ3v) is 5.20. The Morgan fingerprint density at radius 3 is 2.60 bits per heavy atom. The fourth-order valence-corrected chi connectivity index (χ4v) is 3.65. The maximum atomic E-state index is 12.1. The van der Waals surface area contributed by atoms with Crippen molar-refractivity contribution in [2.24, 2.45) is 0 Å². The van der Waals surface area contributed by atoms with Crippen LogP contribution >= 0.6 is 11.8 Å². The number of hydrogen-bond acceptors (Lipinski definition) is 5. The summed E-state index contributed by atoms with van der Waals surface area (Å²) in [4.78, 5) is 0.115. The van der Waals surface area contributed by atoms with E-state index in [0.717, 1.165) is 25.0 Å². The van der Waals surface area contributed by atoms with Crippen molar-refractivity contribution in [3.8, 4) is 0 Å². The molecule has 1 aromatic heterocycles. The molecule has 0 aromatic carbocycles. The second-order valence-corrected chi connectivity index (χ2v) is 7.32. The van der Waals surface area contributed by atoms with Crippen LogP contribution in [-0.2, 0) is 16.6 Å². The molecule has 0 atom stereocenters. The third kappa shape index (κ3) is 5.47. The highest BCUT2D eigenvalue weighted by atomic mass is 32.2. The zero-order chi connectivity index (χ0) is 15.0. The van der Waals surface area contributed by atoms with Crippen molar-refractivity contribution >= 4 is 21.8 Å². The number of hydrogen-bond donors (Lipinski definition) is 2. The summed E-state index contributed by atoms with van der Waals surface area (Å²) >= 11 is 1.83. The molecule has 7 heteroatoms. The Labute approximate surface area is 125 Å². The van der Waals surface area contributed by atoms with Gasteiger partial charge in [0.05, 0.1) is 0 Å². The second-order valence-electron chi connectivity index (χ2n) is 4.60. The van der Waals surface area contributed by atoms with Crippen LogP contribution in [0.4, 0.5) is 0 Å². The van der Waals surface area contributed by atoms with Crippen molar-refractivity contribution in [3.63, 3.8) is 0 Å². The molecular weight excluding hydrogens is 298 g/mol. The Hall–Kier alpha value is -0.500. The van der Waals surface area contributed by atoms with E-state index < -0.39 is 10.0 Å². The molecule has 0 unspecified atom stereocenters. The molecule has 0 aliphatic heterocycles. The van der Waals surface area contributed by atoms with Crippen LogP contribution in [0, 0.1) is 6.92 Å². The van der Waals surface area contributed by atoms with E-state index in [2.05, 4.69) is 11.0 Å². The van der Waals surface area contributed by atoms with E-state index in [1.165, 1.54) is 12.5 Å². The molecule has 0 saturated heterocycles. The van der Waals surface area contributed by atoms with Gasteiger partial charge in [-0.05, 0) is 31.8 Å². The van der Waals surface area contributed by atoms with Gasteiger partial charge in [0, 0.05) is 12.6 Å². The molecule has 0 bridgehead atoms. The van der Waals surface area contributed by atoms with Crippen molar-refractivity contribution in [1.82, 2.24) is 4.72 Å². The molecule has 116 valence electrons. The van der Waals surface area contributed by atoms with Crippen LogP contribution in [0.25, 0.3) is 0 Å². The lowest BCUT2D eigenvalue weighted by Crippen LogP contribution is -2.25. The summed E-state index contributed by atoms with van der Waals surface area (Å²) in [6, 6.07) is 1.37. The van der Waals surface area contributed by atoms with Gasteiger partial charge in [-0.15, -0.1) is 0 Å². The van der Waals surface area contributed by atoms with Gasteiger partial charge in [0.25, 0.3) is 0 Å². The largest absolute Gasteiger partial charge is 0.462 e. The third-order valence-electron chi connectivity index (χ3n) is 2.94. The first-order valence-corrected chi connectivity index (χ1v) is 9.57. The summed E-state index contributed by atoms with van der Waals surface area (Å²) in [5.41, 5.74) is 0. The van der Waals surface area contributed by atoms with Gasteiger partial charge in [-0.3, -0.25) is 0 Å². The Morgan fingerprint density at radius 1 is 1.30 bits per heavy atom. The smallest absolute Gasteiger partial charge is 0.244 e. The standard InChI is InChI=1S/C13H23NO4S2/c1-11-13(9-12(10-15)18-11)20(16,17)14-7-5-3-4-6-8-19-2/h9,14-15H,3-8,10H2,1-2H3. The first-order valence-electron chi connectivity index (χ1n) is 6.70. The predicted octanol–water partition coefficient (Wildman–Crippen LogP) is 2.28. The highest BCUT2D eigenvalue weighted by molar-refractivity contribution is 7.98. The zero-order valence-electron chi connectivity index (χ0n) is 12.0. The fourth-order valence-electron chi connectivity index (χ4n) is 1.88. The maximum Gasteiger partial charge on any atom is 0.244 e. The van der Waals surface area contributed by atoms with E-state index in [1.54, 1.807) is 6.92 Å². The van der Waals surface area contributed by atoms with Crippen molar-refractivity contribution in [1.29, 1.82) is 0 Å². The average molecular weight is 321 g/mol. The van der Waals surface area contributed by atoms with Gasteiger partial charge in [-0.25, -0.2) is 13.1 Å². The fraction of sp³-hybridized carbons (Fsp3) is 0.692. The molecule has 0 spiro atoms. The molecule has 0 amide bonds. The number of aryl methyl sites for hydroxylation is 1. The van der Waals surface area contributed by atoms with Crippen LogP contribution in [0.1, 0.15) is 37.2 Å². The first kappa shape index (κ1) is 17.6. The molecule has 20 heavy (non-hydrogen) atoms. The second kappa shape index (κ2) is 8.71. The summed E-state index contributed by atoms with van der Waals surface area (Å²) in [7, 11) is -3.54. The van der Waals surface area contributed by atoms with E-state index in [9.17, 15) is 8.42 Å². The number of rotatable bonds is 10. The molecule has 2 N–H and O–H groups in total.